The highest BCUT2D eigenvalue weighted by molar-refractivity contribution is 5.38. The Bertz CT molecular complexity index is 492. The highest BCUT2D eigenvalue weighted by atomic mass is 19.1. The van der Waals surface area contributed by atoms with Crippen LogP contribution in [0.5, 0.6) is 0 Å². The Kier molecular flexibility index (Phi) is 3.78. The molecule has 0 spiro atoms. The average molecular weight is 243 g/mol. The number of benzene rings is 2. The van der Waals surface area contributed by atoms with Gasteiger partial charge in [-0.15, -0.1) is 0 Å². The summed E-state index contributed by atoms with van der Waals surface area (Å²) in [6.45, 7) is 2.76. The van der Waals surface area contributed by atoms with Crippen molar-refractivity contribution < 1.29 is 4.39 Å². The molecule has 0 fully saturated rings. The monoisotopic (exact) mass is 243 g/mol. The van der Waals surface area contributed by atoms with Crippen molar-refractivity contribution in [3.05, 3.63) is 71.5 Å². The van der Waals surface area contributed by atoms with E-state index in [0.29, 0.717) is 6.54 Å². The Morgan fingerprint density at radius 3 is 2.06 bits per heavy atom. The van der Waals surface area contributed by atoms with Crippen molar-refractivity contribution in [1.82, 2.24) is 0 Å². The van der Waals surface area contributed by atoms with E-state index in [1.54, 1.807) is 0 Å². The van der Waals surface area contributed by atoms with Crippen LogP contribution in [-0.4, -0.2) is 6.54 Å². The molecule has 2 rings (SSSR count). The molecule has 0 amide bonds. The van der Waals surface area contributed by atoms with Crippen LogP contribution in [-0.2, 0) is 5.41 Å². The first-order valence-electron chi connectivity index (χ1n) is 6.18. The Morgan fingerprint density at radius 1 is 0.944 bits per heavy atom. The number of rotatable bonds is 4. The van der Waals surface area contributed by atoms with Gasteiger partial charge in [-0.2, -0.15) is 0 Å². The second-order valence-corrected chi connectivity index (χ2v) is 4.74. The van der Waals surface area contributed by atoms with Gasteiger partial charge in [0.1, 0.15) is 5.82 Å². The summed E-state index contributed by atoms with van der Waals surface area (Å²) in [5, 5.41) is 0. The van der Waals surface area contributed by atoms with Gasteiger partial charge in [0, 0.05) is 5.41 Å². The van der Waals surface area contributed by atoms with Gasteiger partial charge in [0.2, 0.25) is 0 Å². The fraction of sp³-hybridized carbons (Fsp3) is 0.250. The first-order valence-corrected chi connectivity index (χ1v) is 6.18. The van der Waals surface area contributed by atoms with Crippen LogP contribution in [0, 0.1) is 5.82 Å². The molecular formula is C16H18FN. The molecule has 0 saturated carbocycles. The van der Waals surface area contributed by atoms with Crippen LogP contribution in [0.3, 0.4) is 0 Å². The summed E-state index contributed by atoms with van der Waals surface area (Å²) in [6, 6.07) is 16.9. The van der Waals surface area contributed by atoms with Gasteiger partial charge in [0.05, 0.1) is 0 Å². The lowest BCUT2D eigenvalue weighted by Crippen LogP contribution is -2.27. The van der Waals surface area contributed by atoms with E-state index < -0.39 is 0 Å². The van der Waals surface area contributed by atoms with E-state index >= 15 is 0 Å². The molecule has 0 aliphatic carbocycles. The molecule has 0 bridgehead atoms. The van der Waals surface area contributed by atoms with Crippen molar-refractivity contribution >= 4 is 0 Å². The standard InChI is InChI=1S/C16H18FN/c1-16(11-12-18,13-5-3-2-4-6-13)14-7-9-15(17)10-8-14/h2-10H,11-12,18H2,1H3. The molecule has 2 aromatic rings. The fourth-order valence-electron chi connectivity index (χ4n) is 2.37. The van der Waals surface area contributed by atoms with E-state index in [4.69, 9.17) is 5.73 Å². The van der Waals surface area contributed by atoms with Gasteiger partial charge in [-0.25, -0.2) is 4.39 Å². The number of nitrogens with two attached hydrogens (primary N) is 1. The molecule has 0 aliphatic rings. The Morgan fingerprint density at radius 2 is 1.50 bits per heavy atom. The topological polar surface area (TPSA) is 26.0 Å². The number of hydrogen-bond donors (Lipinski definition) is 1. The molecule has 0 saturated heterocycles. The molecule has 1 nitrogen and oxygen atoms in total. The van der Waals surface area contributed by atoms with E-state index in [0.717, 1.165) is 12.0 Å². The number of halogens is 1. The van der Waals surface area contributed by atoms with Gasteiger partial charge in [0.15, 0.2) is 0 Å². The lowest BCUT2D eigenvalue weighted by Gasteiger charge is -2.30. The van der Waals surface area contributed by atoms with Crippen LogP contribution >= 0.6 is 0 Å². The first kappa shape index (κ1) is 12.8. The van der Waals surface area contributed by atoms with Crippen molar-refractivity contribution in [1.29, 1.82) is 0 Å². The van der Waals surface area contributed by atoms with Crippen LogP contribution in [0.2, 0.25) is 0 Å². The summed E-state index contributed by atoms with van der Waals surface area (Å²) in [7, 11) is 0. The van der Waals surface area contributed by atoms with Crippen LogP contribution in [0.1, 0.15) is 24.5 Å². The van der Waals surface area contributed by atoms with Crippen molar-refractivity contribution in [2.75, 3.05) is 6.54 Å². The maximum absolute atomic E-state index is 13.0. The van der Waals surface area contributed by atoms with Crippen molar-refractivity contribution in [3.63, 3.8) is 0 Å². The fourth-order valence-corrected chi connectivity index (χ4v) is 2.37. The second-order valence-electron chi connectivity index (χ2n) is 4.74. The van der Waals surface area contributed by atoms with Gasteiger partial charge >= 0.3 is 0 Å². The molecule has 18 heavy (non-hydrogen) atoms. The summed E-state index contributed by atoms with van der Waals surface area (Å²) >= 11 is 0. The predicted molar refractivity (Wildman–Crippen MR) is 73.0 cm³/mol. The zero-order valence-corrected chi connectivity index (χ0v) is 10.6. The van der Waals surface area contributed by atoms with Gasteiger partial charge in [-0.3, -0.25) is 0 Å². The normalized spacial score (nSPS) is 14.2. The third kappa shape index (κ3) is 2.44. The highest BCUT2D eigenvalue weighted by Gasteiger charge is 2.27. The molecule has 2 aromatic carbocycles. The van der Waals surface area contributed by atoms with Crippen LogP contribution in [0.15, 0.2) is 54.6 Å². The minimum Gasteiger partial charge on any atom is -0.330 e. The van der Waals surface area contributed by atoms with E-state index in [1.807, 2.05) is 30.3 Å². The Hall–Kier alpha value is -1.67. The summed E-state index contributed by atoms with van der Waals surface area (Å²) in [5.41, 5.74) is 7.89. The maximum Gasteiger partial charge on any atom is 0.123 e. The zero-order valence-electron chi connectivity index (χ0n) is 10.6. The van der Waals surface area contributed by atoms with E-state index in [2.05, 4.69) is 19.1 Å². The summed E-state index contributed by atoms with van der Waals surface area (Å²) < 4.78 is 13.0. The Labute approximate surface area is 107 Å². The number of hydrogen-bond acceptors (Lipinski definition) is 1. The van der Waals surface area contributed by atoms with E-state index in [1.165, 1.54) is 17.7 Å². The lowest BCUT2D eigenvalue weighted by atomic mass is 9.74. The molecule has 0 aromatic heterocycles. The predicted octanol–water partition coefficient (Wildman–Crippen LogP) is 3.48. The molecule has 0 radical (unpaired) electrons. The van der Waals surface area contributed by atoms with Gasteiger partial charge in [-0.05, 0) is 36.2 Å². The molecular weight excluding hydrogens is 225 g/mol. The maximum atomic E-state index is 13.0. The molecule has 0 heterocycles. The van der Waals surface area contributed by atoms with Gasteiger partial charge in [0.25, 0.3) is 0 Å². The van der Waals surface area contributed by atoms with E-state index in [-0.39, 0.29) is 11.2 Å². The average Bonchev–Trinajstić information content (AvgIpc) is 2.40. The van der Waals surface area contributed by atoms with Crippen LogP contribution in [0.25, 0.3) is 0 Å². The summed E-state index contributed by atoms with van der Waals surface area (Å²) in [6.07, 6.45) is 0.836. The third-order valence-corrected chi connectivity index (χ3v) is 3.54. The zero-order chi connectivity index (χ0) is 13.0. The summed E-state index contributed by atoms with van der Waals surface area (Å²) in [5.74, 6) is -0.207. The minimum absolute atomic E-state index is 0.163. The lowest BCUT2D eigenvalue weighted by molar-refractivity contribution is 0.526. The van der Waals surface area contributed by atoms with Gasteiger partial charge in [-0.1, -0.05) is 49.4 Å². The molecule has 1 unspecified atom stereocenters. The van der Waals surface area contributed by atoms with Crippen LogP contribution < -0.4 is 5.73 Å². The largest absolute Gasteiger partial charge is 0.330 e. The molecule has 0 aliphatic heterocycles. The molecule has 1 atom stereocenters. The second kappa shape index (κ2) is 5.32. The quantitative estimate of drug-likeness (QED) is 0.874. The van der Waals surface area contributed by atoms with Crippen LogP contribution in [0.4, 0.5) is 4.39 Å². The SMILES string of the molecule is CC(CCN)(c1ccccc1)c1ccc(F)cc1. The molecule has 2 heteroatoms. The van der Waals surface area contributed by atoms with Crippen molar-refractivity contribution in [3.8, 4) is 0 Å². The first-order chi connectivity index (χ1) is 8.66. The highest BCUT2D eigenvalue weighted by Crippen LogP contribution is 2.34. The minimum atomic E-state index is -0.207. The smallest absolute Gasteiger partial charge is 0.123 e. The van der Waals surface area contributed by atoms with Crippen molar-refractivity contribution in [2.24, 2.45) is 5.73 Å². The third-order valence-electron chi connectivity index (χ3n) is 3.54. The Balaban J connectivity index is 2.47. The molecule has 2 N–H and O–H groups in total. The van der Waals surface area contributed by atoms with Crippen molar-refractivity contribution in [2.45, 2.75) is 18.8 Å². The van der Waals surface area contributed by atoms with Gasteiger partial charge < -0.3 is 5.73 Å². The van der Waals surface area contributed by atoms with E-state index in [9.17, 15) is 4.39 Å². The molecule has 94 valence electrons. The summed E-state index contributed by atoms with van der Waals surface area (Å²) in [4.78, 5) is 0.